The summed E-state index contributed by atoms with van der Waals surface area (Å²) >= 11 is 0. The predicted octanol–water partition coefficient (Wildman–Crippen LogP) is 3.33. The maximum absolute atomic E-state index is 12.4. The van der Waals surface area contributed by atoms with E-state index in [-0.39, 0.29) is 17.7 Å². The van der Waals surface area contributed by atoms with Crippen LogP contribution in [0.25, 0.3) is 10.8 Å². The third-order valence-electron chi connectivity index (χ3n) is 3.87. The summed E-state index contributed by atoms with van der Waals surface area (Å²) in [5.74, 6) is -0.0171. The first-order chi connectivity index (χ1) is 10.7. The van der Waals surface area contributed by atoms with Crippen molar-refractivity contribution in [3.63, 3.8) is 0 Å². The summed E-state index contributed by atoms with van der Waals surface area (Å²) in [6.07, 6.45) is 2.76. The van der Waals surface area contributed by atoms with Crippen LogP contribution in [-0.2, 0) is 4.79 Å². The lowest BCUT2D eigenvalue weighted by Crippen LogP contribution is -2.26. The van der Waals surface area contributed by atoms with E-state index in [1.807, 2.05) is 43.3 Å². The SMILES string of the molecule is CCCNC(=O)c1cc2ccccc2cc1NC(=O)C1CC1. The van der Waals surface area contributed by atoms with Gasteiger partial charge in [-0.25, -0.2) is 0 Å². The summed E-state index contributed by atoms with van der Waals surface area (Å²) in [5, 5.41) is 7.81. The topological polar surface area (TPSA) is 58.2 Å². The zero-order valence-electron chi connectivity index (χ0n) is 12.7. The van der Waals surface area contributed by atoms with E-state index >= 15 is 0 Å². The maximum Gasteiger partial charge on any atom is 0.253 e. The number of rotatable bonds is 5. The van der Waals surface area contributed by atoms with Crippen molar-refractivity contribution >= 4 is 28.3 Å². The molecule has 4 heteroatoms. The molecule has 0 atom stereocenters. The molecule has 1 aliphatic carbocycles. The summed E-state index contributed by atoms with van der Waals surface area (Å²) in [5.41, 5.74) is 1.13. The lowest BCUT2D eigenvalue weighted by Gasteiger charge is -2.13. The molecule has 0 bridgehead atoms. The summed E-state index contributed by atoms with van der Waals surface area (Å²) in [6.45, 7) is 2.64. The van der Waals surface area contributed by atoms with Crippen LogP contribution in [-0.4, -0.2) is 18.4 Å². The highest BCUT2D eigenvalue weighted by molar-refractivity contribution is 6.08. The highest BCUT2D eigenvalue weighted by Gasteiger charge is 2.30. The first kappa shape index (κ1) is 14.6. The fourth-order valence-electron chi connectivity index (χ4n) is 2.45. The Morgan fingerprint density at radius 2 is 1.82 bits per heavy atom. The largest absolute Gasteiger partial charge is 0.352 e. The molecule has 1 fully saturated rings. The van der Waals surface area contributed by atoms with Crippen LogP contribution >= 0.6 is 0 Å². The number of fused-ring (bicyclic) bond motifs is 1. The van der Waals surface area contributed by atoms with E-state index in [0.717, 1.165) is 30.0 Å². The van der Waals surface area contributed by atoms with Crippen molar-refractivity contribution < 1.29 is 9.59 Å². The Bertz CT molecular complexity index is 720. The molecule has 0 heterocycles. The Morgan fingerprint density at radius 1 is 1.14 bits per heavy atom. The summed E-state index contributed by atoms with van der Waals surface area (Å²) in [6, 6.07) is 11.6. The molecular formula is C18H20N2O2. The standard InChI is InChI=1S/C18H20N2O2/c1-2-9-19-18(22)15-10-13-5-3-4-6-14(13)11-16(15)20-17(21)12-7-8-12/h3-6,10-12H,2,7-9H2,1H3,(H,19,22)(H,20,21). The van der Waals surface area contributed by atoms with Gasteiger partial charge in [-0.15, -0.1) is 0 Å². The van der Waals surface area contributed by atoms with Gasteiger partial charge >= 0.3 is 0 Å². The molecule has 3 rings (SSSR count). The van der Waals surface area contributed by atoms with Gasteiger partial charge in [0.2, 0.25) is 5.91 Å². The molecule has 1 aliphatic rings. The molecule has 2 N–H and O–H groups in total. The fourth-order valence-corrected chi connectivity index (χ4v) is 2.45. The van der Waals surface area contributed by atoms with Crippen LogP contribution in [0.15, 0.2) is 36.4 Å². The Hall–Kier alpha value is -2.36. The van der Waals surface area contributed by atoms with Crippen molar-refractivity contribution in [3.8, 4) is 0 Å². The lowest BCUT2D eigenvalue weighted by atomic mass is 10.0. The van der Waals surface area contributed by atoms with Crippen LogP contribution in [0.1, 0.15) is 36.5 Å². The Morgan fingerprint density at radius 3 is 2.45 bits per heavy atom. The van der Waals surface area contributed by atoms with E-state index in [0.29, 0.717) is 17.8 Å². The number of anilines is 1. The zero-order valence-corrected chi connectivity index (χ0v) is 12.7. The Kier molecular flexibility index (Phi) is 4.09. The molecule has 0 radical (unpaired) electrons. The van der Waals surface area contributed by atoms with E-state index in [4.69, 9.17) is 0 Å². The Labute approximate surface area is 129 Å². The molecule has 2 aromatic carbocycles. The zero-order chi connectivity index (χ0) is 15.5. The van der Waals surface area contributed by atoms with Crippen LogP contribution in [0.3, 0.4) is 0 Å². The number of carbonyl (C=O) groups is 2. The van der Waals surface area contributed by atoms with Crippen molar-refractivity contribution in [1.29, 1.82) is 0 Å². The second kappa shape index (κ2) is 6.18. The molecule has 0 aromatic heterocycles. The molecule has 0 saturated heterocycles. The van der Waals surface area contributed by atoms with E-state index < -0.39 is 0 Å². The number of nitrogens with one attached hydrogen (secondary N) is 2. The molecule has 0 unspecified atom stereocenters. The number of amides is 2. The Balaban J connectivity index is 1.97. The highest BCUT2D eigenvalue weighted by atomic mass is 16.2. The monoisotopic (exact) mass is 296 g/mol. The molecule has 4 nitrogen and oxygen atoms in total. The summed E-state index contributed by atoms with van der Waals surface area (Å²) in [7, 11) is 0. The van der Waals surface area contributed by atoms with Gasteiger partial charge in [-0.1, -0.05) is 31.2 Å². The molecule has 22 heavy (non-hydrogen) atoms. The maximum atomic E-state index is 12.4. The van der Waals surface area contributed by atoms with Gasteiger partial charge < -0.3 is 10.6 Å². The van der Waals surface area contributed by atoms with Crippen molar-refractivity contribution in [2.45, 2.75) is 26.2 Å². The number of hydrogen-bond donors (Lipinski definition) is 2. The van der Waals surface area contributed by atoms with Crippen LogP contribution in [0.5, 0.6) is 0 Å². The van der Waals surface area contributed by atoms with Gasteiger partial charge in [-0.2, -0.15) is 0 Å². The van der Waals surface area contributed by atoms with Gasteiger partial charge in [0.15, 0.2) is 0 Å². The minimum absolute atomic E-state index is 0.0137. The minimum Gasteiger partial charge on any atom is -0.352 e. The fraction of sp³-hybridized carbons (Fsp3) is 0.333. The molecule has 2 amide bonds. The van der Waals surface area contributed by atoms with E-state index in [9.17, 15) is 9.59 Å². The third kappa shape index (κ3) is 3.11. The van der Waals surface area contributed by atoms with Crippen molar-refractivity contribution in [2.75, 3.05) is 11.9 Å². The second-order valence-corrected chi connectivity index (χ2v) is 5.76. The first-order valence-electron chi connectivity index (χ1n) is 7.81. The van der Waals surface area contributed by atoms with Crippen molar-refractivity contribution in [3.05, 3.63) is 42.0 Å². The van der Waals surface area contributed by atoms with E-state index in [2.05, 4.69) is 10.6 Å². The van der Waals surface area contributed by atoms with E-state index in [1.54, 1.807) is 0 Å². The molecule has 1 saturated carbocycles. The van der Waals surface area contributed by atoms with Crippen LogP contribution in [0.4, 0.5) is 5.69 Å². The summed E-state index contributed by atoms with van der Waals surface area (Å²) in [4.78, 5) is 24.4. The minimum atomic E-state index is -0.140. The summed E-state index contributed by atoms with van der Waals surface area (Å²) < 4.78 is 0. The van der Waals surface area contributed by atoms with Gasteiger partial charge in [0.05, 0.1) is 11.3 Å². The first-order valence-corrected chi connectivity index (χ1v) is 7.81. The average Bonchev–Trinajstić information content (AvgIpc) is 3.36. The van der Waals surface area contributed by atoms with Gasteiger partial charge in [0, 0.05) is 12.5 Å². The number of benzene rings is 2. The van der Waals surface area contributed by atoms with Gasteiger partial charge in [-0.3, -0.25) is 9.59 Å². The quantitative estimate of drug-likeness (QED) is 0.889. The second-order valence-electron chi connectivity index (χ2n) is 5.76. The predicted molar refractivity (Wildman–Crippen MR) is 87.9 cm³/mol. The van der Waals surface area contributed by atoms with Crippen molar-refractivity contribution in [1.82, 2.24) is 5.32 Å². The number of carbonyl (C=O) groups excluding carboxylic acids is 2. The van der Waals surface area contributed by atoms with E-state index in [1.165, 1.54) is 0 Å². The van der Waals surface area contributed by atoms with Gasteiger partial charge in [0.25, 0.3) is 5.91 Å². The smallest absolute Gasteiger partial charge is 0.253 e. The van der Waals surface area contributed by atoms with Gasteiger partial charge in [0.1, 0.15) is 0 Å². The molecule has 114 valence electrons. The van der Waals surface area contributed by atoms with Crippen LogP contribution in [0, 0.1) is 5.92 Å². The highest BCUT2D eigenvalue weighted by Crippen LogP contribution is 2.31. The normalized spacial score (nSPS) is 13.9. The van der Waals surface area contributed by atoms with Crippen molar-refractivity contribution in [2.24, 2.45) is 5.92 Å². The third-order valence-corrected chi connectivity index (χ3v) is 3.87. The van der Waals surface area contributed by atoms with Gasteiger partial charge in [-0.05, 0) is 42.2 Å². The molecule has 0 spiro atoms. The number of hydrogen-bond acceptors (Lipinski definition) is 2. The molecular weight excluding hydrogens is 276 g/mol. The lowest BCUT2D eigenvalue weighted by molar-refractivity contribution is -0.117. The van der Waals surface area contributed by atoms with Crippen LogP contribution in [0.2, 0.25) is 0 Å². The average molecular weight is 296 g/mol. The molecule has 0 aliphatic heterocycles. The molecule has 2 aromatic rings. The van der Waals surface area contributed by atoms with Crippen LogP contribution < -0.4 is 10.6 Å².